The molecule has 0 saturated carbocycles. The van der Waals surface area contributed by atoms with Crippen LogP contribution in [0.5, 0.6) is 0 Å². The summed E-state index contributed by atoms with van der Waals surface area (Å²) in [6, 6.07) is -0.492. The fourth-order valence-electron chi connectivity index (χ4n) is 1.69. The van der Waals surface area contributed by atoms with Gasteiger partial charge >= 0.3 is 11.9 Å². The first-order chi connectivity index (χ1) is 7.29. The van der Waals surface area contributed by atoms with Crippen molar-refractivity contribution >= 4 is 11.9 Å². The molecule has 0 aromatic heterocycles. The van der Waals surface area contributed by atoms with Crippen molar-refractivity contribution < 1.29 is 19.4 Å². The largest absolute Gasteiger partial charge is 0.481 e. The van der Waals surface area contributed by atoms with Gasteiger partial charge in [-0.05, 0) is 40.2 Å². The lowest BCUT2D eigenvalue weighted by molar-refractivity contribution is -0.159. The molecule has 1 aliphatic rings. The van der Waals surface area contributed by atoms with Crippen molar-refractivity contribution in [2.24, 2.45) is 5.92 Å². The normalized spacial score (nSPS) is 26.2. The van der Waals surface area contributed by atoms with Crippen LogP contribution in [0.15, 0.2) is 0 Å². The number of esters is 1. The number of aliphatic carboxylic acids is 1. The molecule has 2 unspecified atom stereocenters. The van der Waals surface area contributed by atoms with E-state index in [1.54, 1.807) is 20.8 Å². The first-order valence-electron chi connectivity index (χ1n) is 5.48. The summed E-state index contributed by atoms with van der Waals surface area (Å²) in [6.07, 6.45) is 0.874. The Morgan fingerprint density at radius 1 is 1.38 bits per heavy atom. The quantitative estimate of drug-likeness (QED) is 0.684. The average molecular weight is 229 g/mol. The van der Waals surface area contributed by atoms with E-state index in [1.807, 2.05) is 0 Å². The van der Waals surface area contributed by atoms with Gasteiger partial charge in [0.15, 0.2) is 0 Å². The van der Waals surface area contributed by atoms with Crippen LogP contribution in [0, 0.1) is 5.92 Å². The average Bonchev–Trinajstić information content (AvgIpc) is 2.15. The maximum absolute atomic E-state index is 11.7. The van der Waals surface area contributed by atoms with Crippen molar-refractivity contribution in [3.8, 4) is 0 Å². The minimum Gasteiger partial charge on any atom is -0.481 e. The smallest absolute Gasteiger partial charge is 0.323 e. The Hall–Kier alpha value is -1.10. The van der Waals surface area contributed by atoms with Crippen LogP contribution in [0.1, 0.15) is 33.6 Å². The van der Waals surface area contributed by atoms with Crippen molar-refractivity contribution in [1.29, 1.82) is 0 Å². The fourth-order valence-corrected chi connectivity index (χ4v) is 1.69. The van der Waals surface area contributed by atoms with E-state index in [2.05, 4.69) is 5.32 Å². The Morgan fingerprint density at radius 2 is 2.00 bits per heavy atom. The number of hydrogen-bond acceptors (Lipinski definition) is 4. The van der Waals surface area contributed by atoms with Crippen LogP contribution >= 0.6 is 0 Å². The summed E-state index contributed by atoms with van der Waals surface area (Å²) in [7, 11) is 0. The molecule has 2 N–H and O–H groups in total. The number of ether oxygens (including phenoxy) is 1. The third kappa shape index (κ3) is 3.81. The van der Waals surface area contributed by atoms with Crippen LogP contribution in [0.25, 0.3) is 0 Å². The third-order valence-corrected chi connectivity index (χ3v) is 2.44. The molecule has 1 fully saturated rings. The molecular formula is C11H19NO4. The molecule has 0 amide bonds. The van der Waals surface area contributed by atoms with Gasteiger partial charge in [-0.2, -0.15) is 0 Å². The zero-order valence-electron chi connectivity index (χ0n) is 9.95. The highest BCUT2D eigenvalue weighted by atomic mass is 16.6. The molecule has 92 valence electrons. The van der Waals surface area contributed by atoms with Gasteiger partial charge in [-0.3, -0.25) is 9.59 Å². The van der Waals surface area contributed by atoms with Gasteiger partial charge in [-0.25, -0.2) is 0 Å². The lowest BCUT2D eigenvalue weighted by Gasteiger charge is -2.29. The Kier molecular flexibility index (Phi) is 3.91. The molecule has 5 heteroatoms. The van der Waals surface area contributed by atoms with Crippen molar-refractivity contribution in [2.45, 2.75) is 45.3 Å². The lowest BCUT2D eigenvalue weighted by atomic mass is 9.92. The minimum atomic E-state index is -0.838. The van der Waals surface area contributed by atoms with E-state index in [0.717, 1.165) is 0 Å². The highest BCUT2D eigenvalue weighted by Crippen LogP contribution is 2.19. The van der Waals surface area contributed by atoms with Gasteiger partial charge in [0.2, 0.25) is 0 Å². The third-order valence-electron chi connectivity index (χ3n) is 2.44. The summed E-state index contributed by atoms with van der Waals surface area (Å²) >= 11 is 0. The molecule has 2 atom stereocenters. The number of rotatable bonds is 2. The number of carbonyl (C=O) groups is 2. The summed E-state index contributed by atoms with van der Waals surface area (Å²) in [5, 5.41) is 11.9. The van der Waals surface area contributed by atoms with E-state index < -0.39 is 23.5 Å². The zero-order valence-corrected chi connectivity index (χ0v) is 9.95. The van der Waals surface area contributed by atoms with Gasteiger partial charge in [0.25, 0.3) is 0 Å². The van der Waals surface area contributed by atoms with Gasteiger partial charge in [-0.15, -0.1) is 0 Å². The zero-order chi connectivity index (χ0) is 12.3. The van der Waals surface area contributed by atoms with E-state index in [1.165, 1.54) is 0 Å². The van der Waals surface area contributed by atoms with Crippen molar-refractivity contribution in [3.63, 3.8) is 0 Å². The molecule has 0 radical (unpaired) electrons. The molecule has 0 spiro atoms. The fraction of sp³-hybridized carbons (Fsp3) is 0.818. The van der Waals surface area contributed by atoms with Crippen molar-refractivity contribution in [1.82, 2.24) is 5.32 Å². The molecule has 16 heavy (non-hydrogen) atoms. The highest BCUT2D eigenvalue weighted by Gasteiger charge is 2.33. The van der Waals surface area contributed by atoms with Crippen molar-refractivity contribution in [2.75, 3.05) is 6.54 Å². The Morgan fingerprint density at radius 3 is 2.50 bits per heavy atom. The topological polar surface area (TPSA) is 75.6 Å². The van der Waals surface area contributed by atoms with Crippen LogP contribution in [0.4, 0.5) is 0 Å². The number of carboxylic acids is 1. The van der Waals surface area contributed by atoms with Crippen molar-refractivity contribution in [3.05, 3.63) is 0 Å². The van der Waals surface area contributed by atoms with Gasteiger partial charge in [0.05, 0.1) is 5.92 Å². The Balaban J connectivity index is 2.54. The van der Waals surface area contributed by atoms with E-state index in [0.29, 0.717) is 19.4 Å². The van der Waals surface area contributed by atoms with Gasteiger partial charge in [0, 0.05) is 0 Å². The monoisotopic (exact) mass is 229 g/mol. The molecule has 0 aliphatic carbocycles. The molecule has 1 rings (SSSR count). The molecule has 0 aromatic carbocycles. The SMILES string of the molecule is CC(C)(C)OC(=O)C1CC(C(=O)O)CCN1. The maximum Gasteiger partial charge on any atom is 0.323 e. The molecule has 0 aromatic rings. The van der Waals surface area contributed by atoms with Crippen LogP contribution in [-0.4, -0.2) is 35.2 Å². The van der Waals surface area contributed by atoms with E-state index >= 15 is 0 Å². The van der Waals surface area contributed by atoms with Gasteiger partial charge in [-0.1, -0.05) is 0 Å². The molecule has 1 saturated heterocycles. The molecule has 5 nitrogen and oxygen atoms in total. The van der Waals surface area contributed by atoms with E-state index in [-0.39, 0.29) is 5.97 Å². The van der Waals surface area contributed by atoms with Crippen LogP contribution in [-0.2, 0) is 14.3 Å². The second-order valence-corrected chi connectivity index (χ2v) is 5.10. The predicted octanol–water partition coefficient (Wildman–Crippen LogP) is 0.781. The summed E-state index contributed by atoms with van der Waals surface area (Å²) in [6.45, 7) is 5.92. The molecule has 1 heterocycles. The molecule has 0 bridgehead atoms. The summed E-state index contributed by atoms with van der Waals surface area (Å²) in [5.74, 6) is -1.65. The number of carboxylic acid groups (broad SMARTS) is 1. The summed E-state index contributed by atoms with van der Waals surface area (Å²) in [4.78, 5) is 22.5. The van der Waals surface area contributed by atoms with Crippen LogP contribution in [0.3, 0.4) is 0 Å². The number of carbonyl (C=O) groups excluding carboxylic acids is 1. The minimum absolute atomic E-state index is 0.310. The first kappa shape index (κ1) is 13.0. The Bertz CT molecular complexity index is 282. The first-order valence-corrected chi connectivity index (χ1v) is 5.48. The van der Waals surface area contributed by atoms with Crippen LogP contribution < -0.4 is 5.32 Å². The van der Waals surface area contributed by atoms with Gasteiger partial charge < -0.3 is 15.2 Å². The second-order valence-electron chi connectivity index (χ2n) is 5.10. The summed E-state index contributed by atoms with van der Waals surface area (Å²) < 4.78 is 5.21. The number of nitrogens with one attached hydrogen (secondary N) is 1. The highest BCUT2D eigenvalue weighted by molar-refractivity contribution is 5.78. The molecule has 1 aliphatic heterocycles. The van der Waals surface area contributed by atoms with E-state index in [9.17, 15) is 9.59 Å². The number of hydrogen-bond donors (Lipinski definition) is 2. The number of piperidine rings is 1. The molecular weight excluding hydrogens is 210 g/mol. The van der Waals surface area contributed by atoms with Crippen LogP contribution in [0.2, 0.25) is 0 Å². The maximum atomic E-state index is 11.7. The predicted molar refractivity (Wildman–Crippen MR) is 58.0 cm³/mol. The Labute approximate surface area is 95.2 Å². The standard InChI is InChI=1S/C11H19NO4/c1-11(2,3)16-10(15)8-6-7(9(13)14)4-5-12-8/h7-8,12H,4-6H2,1-3H3,(H,13,14). The second kappa shape index (κ2) is 4.82. The lowest BCUT2D eigenvalue weighted by Crippen LogP contribution is -2.47. The summed E-state index contributed by atoms with van der Waals surface area (Å²) in [5.41, 5.74) is -0.533. The van der Waals surface area contributed by atoms with Gasteiger partial charge in [0.1, 0.15) is 11.6 Å². The van der Waals surface area contributed by atoms with E-state index in [4.69, 9.17) is 9.84 Å².